The van der Waals surface area contributed by atoms with Crippen LogP contribution in [0, 0.1) is 6.92 Å². The van der Waals surface area contributed by atoms with Crippen LogP contribution in [-0.2, 0) is 17.8 Å². The molecule has 4 aromatic rings. The van der Waals surface area contributed by atoms with Gasteiger partial charge in [0.15, 0.2) is 0 Å². The van der Waals surface area contributed by atoms with Crippen LogP contribution >= 0.6 is 0 Å². The summed E-state index contributed by atoms with van der Waals surface area (Å²) in [5.41, 5.74) is 2.47. The molecule has 0 fully saturated rings. The quantitative estimate of drug-likeness (QED) is 0.283. The number of nitrogens with zero attached hydrogens (tertiary/aromatic N) is 2. The Balaban J connectivity index is 1.32. The second-order valence-electron chi connectivity index (χ2n) is 8.43. The first-order valence-corrected chi connectivity index (χ1v) is 12.0. The molecule has 0 saturated heterocycles. The second kappa shape index (κ2) is 12.4. The number of ether oxygens (including phenoxy) is 3. The van der Waals surface area contributed by atoms with Gasteiger partial charge in [-0.25, -0.2) is 9.78 Å². The van der Waals surface area contributed by atoms with Gasteiger partial charge in [0.1, 0.15) is 29.6 Å². The van der Waals surface area contributed by atoms with E-state index in [-0.39, 0.29) is 12.3 Å². The first kappa shape index (κ1) is 26.3. The number of amides is 1. The molecule has 0 saturated carbocycles. The number of aromatic nitrogens is 1. The summed E-state index contributed by atoms with van der Waals surface area (Å²) in [6.07, 6.45) is -0.216. The summed E-state index contributed by atoms with van der Waals surface area (Å²) < 4.78 is 22.2. The highest BCUT2D eigenvalue weighted by atomic mass is 16.6. The Morgan fingerprint density at radius 1 is 0.921 bits per heavy atom. The van der Waals surface area contributed by atoms with Gasteiger partial charge in [-0.05, 0) is 61.0 Å². The van der Waals surface area contributed by atoms with Crippen molar-refractivity contribution in [2.24, 2.45) is 0 Å². The molecule has 0 spiro atoms. The monoisotopic (exact) mass is 516 g/mol. The number of hydrogen-bond donors (Lipinski definition) is 1. The number of rotatable bonds is 11. The lowest BCUT2D eigenvalue weighted by molar-refractivity contribution is -0.138. The lowest BCUT2D eigenvalue weighted by Crippen LogP contribution is -2.37. The number of carboxylic acid groups (broad SMARTS) is 1. The number of aryl methyl sites for hydroxylation is 1. The summed E-state index contributed by atoms with van der Waals surface area (Å²) in [5, 5.41) is 9.27. The van der Waals surface area contributed by atoms with Crippen LogP contribution in [0.4, 0.5) is 4.79 Å². The third-order valence-electron chi connectivity index (χ3n) is 5.66. The van der Waals surface area contributed by atoms with Gasteiger partial charge in [0.05, 0.1) is 19.4 Å². The van der Waals surface area contributed by atoms with E-state index >= 15 is 0 Å². The van der Waals surface area contributed by atoms with E-state index in [0.717, 1.165) is 27.5 Å². The Kier molecular flexibility index (Phi) is 8.61. The van der Waals surface area contributed by atoms with Crippen molar-refractivity contribution in [1.29, 1.82) is 0 Å². The topological polar surface area (TPSA) is 111 Å². The van der Waals surface area contributed by atoms with E-state index in [2.05, 4.69) is 4.98 Å². The minimum absolute atomic E-state index is 0.0566. The van der Waals surface area contributed by atoms with Gasteiger partial charge >= 0.3 is 12.1 Å². The molecular formula is C29H28N2O7. The molecule has 0 aliphatic carbocycles. The number of aliphatic carboxylic acids is 1. The zero-order valence-corrected chi connectivity index (χ0v) is 21.1. The van der Waals surface area contributed by atoms with Crippen LogP contribution in [0.5, 0.6) is 17.2 Å². The molecule has 1 N–H and O–H groups in total. The van der Waals surface area contributed by atoms with Gasteiger partial charge in [0.25, 0.3) is 0 Å². The first-order valence-electron chi connectivity index (χ1n) is 12.0. The van der Waals surface area contributed by atoms with Crippen LogP contribution < -0.4 is 14.2 Å². The van der Waals surface area contributed by atoms with Crippen LogP contribution in [0.15, 0.2) is 83.3 Å². The highest BCUT2D eigenvalue weighted by Crippen LogP contribution is 2.23. The average molecular weight is 517 g/mol. The molecule has 1 amide bonds. The maximum absolute atomic E-state index is 12.6. The van der Waals surface area contributed by atoms with Crippen molar-refractivity contribution in [3.05, 3.63) is 95.9 Å². The Hall–Kier alpha value is -4.79. The molecule has 3 aromatic carbocycles. The Bertz CT molecular complexity index is 1350. The minimum Gasteiger partial charge on any atom is -0.497 e. The molecule has 1 aromatic heterocycles. The number of oxazole rings is 1. The zero-order chi connectivity index (χ0) is 26.9. The lowest BCUT2D eigenvalue weighted by Gasteiger charge is -2.20. The fourth-order valence-electron chi connectivity index (χ4n) is 3.69. The van der Waals surface area contributed by atoms with E-state index in [4.69, 9.17) is 18.6 Å². The number of hydrogen-bond acceptors (Lipinski definition) is 7. The second-order valence-corrected chi connectivity index (χ2v) is 8.43. The smallest absolute Gasteiger partial charge is 0.416 e. The normalized spacial score (nSPS) is 10.6. The summed E-state index contributed by atoms with van der Waals surface area (Å²) in [6, 6.07) is 23.2. The molecule has 1 heterocycles. The SMILES string of the molecule is COc1ccc(OC(=O)N(CC(=O)O)Cc2ccc(OCCc3oc(-c4ccccc4)nc3C)cc2)cc1. The molecule has 196 valence electrons. The molecule has 38 heavy (non-hydrogen) atoms. The van der Waals surface area contributed by atoms with Gasteiger partial charge in [-0.15, -0.1) is 0 Å². The van der Waals surface area contributed by atoms with Crippen LogP contribution in [-0.4, -0.2) is 47.3 Å². The van der Waals surface area contributed by atoms with Crippen LogP contribution in [0.3, 0.4) is 0 Å². The standard InChI is InChI=1S/C29H28N2O7/c1-20-26(38-28(30-20)22-6-4-3-5-7-22)16-17-36-24-10-8-21(9-11-24)18-31(19-27(32)33)29(34)37-25-14-12-23(35-2)13-15-25/h3-15H,16-19H2,1-2H3,(H,32,33). The fraction of sp³-hybridized carbons (Fsp3) is 0.207. The van der Waals surface area contributed by atoms with Crippen molar-refractivity contribution < 1.29 is 33.3 Å². The van der Waals surface area contributed by atoms with E-state index in [1.807, 2.05) is 37.3 Å². The summed E-state index contributed by atoms with van der Waals surface area (Å²) in [5.74, 6) is 1.74. The minimum atomic E-state index is -1.14. The van der Waals surface area contributed by atoms with Gasteiger partial charge in [-0.1, -0.05) is 30.3 Å². The number of carbonyl (C=O) groups is 2. The Morgan fingerprint density at radius 3 is 2.24 bits per heavy atom. The number of methoxy groups -OCH3 is 1. The van der Waals surface area contributed by atoms with Crippen molar-refractivity contribution in [1.82, 2.24) is 9.88 Å². The molecule has 0 atom stereocenters. The zero-order valence-electron chi connectivity index (χ0n) is 21.1. The number of carbonyl (C=O) groups excluding carboxylic acids is 1. The molecule has 0 aliphatic rings. The highest BCUT2D eigenvalue weighted by Gasteiger charge is 2.20. The van der Waals surface area contributed by atoms with Crippen molar-refractivity contribution >= 4 is 12.1 Å². The van der Waals surface area contributed by atoms with Crippen molar-refractivity contribution in [2.45, 2.75) is 19.9 Å². The summed E-state index contributed by atoms with van der Waals surface area (Å²) in [4.78, 5) is 29.6. The predicted molar refractivity (Wildman–Crippen MR) is 139 cm³/mol. The Labute approximate surface area is 220 Å². The Morgan fingerprint density at radius 2 is 1.58 bits per heavy atom. The van der Waals surface area contributed by atoms with E-state index in [9.17, 15) is 14.7 Å². The van der Waals surface area contributed by atoms with Crippen LogP contribution in [0.25, 0.3) is 11.5 Å². The van der Waals surface area contributed by atoms with E-state index in [1.54, 1.807) is 48.5 Å². The largest absolute Gasteiger partial charge is 0.497 e. The van der Waals surface area contributed by atoms with E-state index in [0.29, 0.717) is 30.4 Å². The van der Waals surface area contributed by atoms with Gasteiger partial charge < -0.3 is 23.7 Å². The van der Waals surface area contributed by atoms with Gasteiger partial charge in [-0.3, -0.25) is 9.69 Å². The third kappa shape index (κ3) is 7.13. The summed E-state index contributed by atoms with van der Waals surface area (Å²) in [7, 11) is 1.53. The van der Waals surface area contributed by atoms with Crippen LogP contribution in [0.2, 0.25) is 0 Å². The predicted octanol–water partition coefficient (Wildman–Crippen LogP) is 5.37. The molecule has 0 radical (unpaired) electrons. The van der Waals surface area contributed by atoms with Gasteiger partial charge in [-0.2, -0.15) is 0 Å². The summed E-state index contributed by atoms with van der Waals surface area (Å²) in [6.45, 7) is 1.85. The number of carboxylic acids is 1. The van der Waals surface area contributed by atoms with Crippen LogP contribution in [0.1, 0.15) is 17.0 Å². The molecule has 9 nitrogen and oxygen atoms in total. The van der Waals surface area contributed by atoms with Gasteiger partial charge in [0.2, 0.25) is 5.89 Å². The first-order chi connectivity index (χ1) is 18.4. The molecule has 9 heteroatoms. The highest BCUT2D eigenvalue weighted by molar-refractivity contribution is 5.78. The molecule has 0 unspecified atom stereocenters. The fourth-order valence-corrected chi connectivity index (χ4v) is 3.69. The van der Waals surface area contributed by atoms with Crippen molar-refractivity contribution in [3.8, 4) is 28.7 Å². The van der Waals surface area contributed by atoms with E-state index < -0.39 is 18.6 Å². The molecule has 0 bridgehead atoms. The lowest BCUT2D eigenvalue weighted by atomic mass is 10.2. The number of benzene rings is 3. The average Bonchev–Trinajstić information content (AvgIpc) is 3.30. The maximum atomic E-state index is 12.6. The summed E-state index contributed by atoms with van der Waals surface area (Å²) >= 11 is 0. The van der Waals surface area contributed by atoms with Crippen molar-refractivity contribution in [3.63, 3.8) is 0 Å². The van der Waals surface area contributed by atoms with E-state index in [1.165, 1.54) is 7.11 Å². The molecule has 0 aliphatic heterocycles. The maximum Gasteiger partial charge on any atom is 0.416 e. The third-order valence-corrected chi connectivity index (χ3v) is 5.66. The molecular weight excluding hydrogens is 488 g/mol. The van der Waals surface area contributed by atoms with Crippen molar-refractivity contribution in [2.75, 3.05) is 20.3 Å². The van der Waals surface area contributed by atoms with Gasteiger partial charge in [0, 0.05) is 18.5 Å². The molecule has 4 rings (SSSR count).